The van der Waals surface area contributed by atoms with Crippen molar-refractivity contribution in [3.05, 3.63) is 96.1 Å². The number of amides is 2. The lowest BCUT2D eigenvalue weighted by atomic mass is 9.95. The Balaban J connectivity index is 1.25. The lowest BCUT2D eigenvalue weighted by Crippen LogP contribution is -3.11. The molecule has 3 aromatic rings. The van der Waals surface area contributed by atoms with Gasteiger partial charge in [0.05, 0.1) is 13.1 Å². The number of benzene rings is 3. The molecule has 4 rings (SSSR count). The van der Waals surface area contributed by atoms with Crippen molar-refractivity contribution in [2.24, 2.45) is 5.92 Å². The second-order valence-electron chi connectivity index (χ2n) is 8.07. The standard InChI is InChI=1S/C26H27N3O2/c30-25(27-23-7-3-1-4-8-23)21-13-11-20(12-14-21)19-29-17-15-22(16-18-29)26(31)28-24-9-5-2-6-10-24/h1-14,22H,15-19H2,(H,27,30)(H,28,31)/p+1. The maximum atomic E-state index is 12.5. The van der Waals surface area contributed by atoms with Gasteiger partial charge in [0.2, 0.25) is 5.91 Å². The van der Waals surface area contributed by atoms with E-state index < -0.39 is 0 Å². The zero-order valence-corrected chi connectivity index (χ0v) is 17.5. The molecular formula is C26H28N3O2+. The number of rotatable bonds is 6. The molecule has 0 radical (unpaired) electrons. The highest BCUT2D eigenvalue weighted by molar-refractivity contribution is 6.04. The quantitative estimate of drug-likeness (QED) is 0.579. The van der Waals surface area contributed by atoms with Crippen LogP contribution in [0.4, 0.5) is 11.4 Å². The van der Waals surface area contributed by atoms with Crippen molar-refractivity contribution >= 4 is 23.2 Å². The topological polar surface area (TPSA) is 62.6 Å². The first-order valence-corrected chi connectivity index (χ1v) is 10.8. The van der Waals surface area contributed by atoms with Crippen LogP contribution in [0.25, 0.3) is 0 Å². The summed E-state index contributed by atoms with van der Waals surface area (Å²) in [6.45, 7) is 2.86. The van der Waals surface area contributed by atoms with Crippen LogP contribution < -0.4 is 15.5 Å². The number of quaternary nitrogens is 1. The minimum absolute atomic E-state index is 0.0769. The molecule has 0 bridgehead atoms. The van der Waals surface area contributed by atoms with Crippen LogP contribution in [0.15, 0.2) is 84.9 Å². The lowest BCUT2D eigenvalue weighted by molar-refractivity contribution is -0.919. The number of carbonyl (C=O) groups is 2. The first kappa shape index (κ1) is 20.8. The number of likely N-dealkylation sites (tertiary alicyclic amines) is 1. The van der Waals surface area contributed by atoms with Gasteiger partial charge in [0.1, 0.15) is 6.54 Å². The Labute approximate surface area is 183 Å². The van der Waals surface area contributed by atoms with E-state index in [4.69, 9.17) is 0 Å². The lowest BCUT2D eigenvalue weighted by Gasteiger charge is -2.28. The number of hydrogen-bond donors (Lipinski definition) is 3. The highest BCUT2D eigenvalue weighted by Gasteiger charge is 2.27. The van der Waals surface area contributed by atoms with Crippen molar-refractivity contribution < 1.29 is 14.5 Å². The van der Waals surface area contributed by atoms with E-state index in [9.17, 15) is 9.59 Å². The van der Waals surface area contributed by atoms with Crippen LogP contribution in [0.5, 0.6) is 0 Å². The molecule has 0 saturated carbocycles. The fourth-order valence-electron chi connectivity index (χ4n) is 4.02. The van der Waals surface area contributed by atoms with Gasteiger partial charge in [0, 0.05) is 41.3 Å². The zero-order valence-electron chi connectivity index (χ0n) is 17.5. The molecule has 1 saturated heterocycles. The molecular weight excluding hydrogens is 386 g/mol. The number of anilines is 2. The second-order valence-corrected chi connectivity index (χ2v) is 8.07. The minimum Gasteiger partial charge on any atom is -0.331 e. The second kappa shape index (κ2) is 10.0. The van der Waals surface area contributed by atoms with Crippen LogP contribution in [0.1, 0.15) is 28.8 Å². The van der Waals surface area contributed by atoms with Gasteiger partial charge in [0.25, 0.3) is 5.91 Å². The maximum absolute atomic E-state index is 12.5. The van der Waals surface area contributed by atoms with Gasteiger partial charge in [-0.3, -0.25) is 9.59 Å². The van der Waals surface area contributed by atoms with Gasteiger partial charge in [0.15, 0.2) is 0 Å². The fourth-order valence-corrected chi connectivity index (χ4v) is 4.02. The van der Waals surface area contributed by atoms with Crippen molar-refractivity contribution in [2.75, 3.05) is 23.7 Å². The van der Waals surface area contributed by atoms with Crippen LogP contribution in [0.2, 0.25) is 0 Å². The van der Waals surface area contributed by atoms with Crippen LogP contribution in [0, 0.1) is 5.92 Å². The monoisotopic (exact) mass is 414 g/mol. The number of piperidine rings is 1. The summed E-state index contributed by atoms with van der Waals surface area (Å²) in [4.78, 5) is 26.4. The molecule has 5 nitrogen and oxygen atoms in total. The Morgan fingerprint density at radius 3 is 1.87 bits per heavy atom. The minimum atomic E-state index is -0.102. The Hall–Kier alpha value is -3.44. The summed E-state index contributed by atoms with van der Waals surface area (Å²) in [5.74, 6) is 0.0994. The van der Waals surface area contributed by atoms with Crippen LogP contribution in [-0.2, 0) is 11.3 Å². The summed E-state index contributed by atoms with van der Waals surface area (Å²) in [6, 6.07) is 26.9. The van der Waals surface area contributed by atoms with Crippen molar-refractivity contribution in [1.82, 2.24) is 0 Å². The van der Waals surface area contributed by atoms with Gasteiger partial charge in [-0.05, 0) is 36.4 Å². The molecule has 0 spiro atoms. The van der Waals surface area contributed by atoms with Crippen LogP contribution in [-0.4, -0.2) is 24.9 Å². The Morgan fingerprint density at radius 1 is 0.742 bits per heavy atom. The van der Waals surface area contributed by atoms with Crippen LogP contribution in [0.3, 0.4) is 0 Å². The number of hydrogen-bond acceptors (Lipinski definition) is 2. The average molecular weight is 415 g/mol. The highest BCUT2D eigenvalue weighted by Crippen LogP contribution is 2.15. The first-order valence-electron chi connectivity index (χ1n) is 10.8. The third-order valence-corrected chi connectivity index (χ3v) is 5.81. The molecule has 1 aliphatic rings. The normalized spacial score (nSPS) is 18.2. The zero-order chi connectivity index (χ0) is 21.5. The largest absolute Gasteiger partial charge is 0.331 e. The molecule has 1 fully saturated rings. The predicted molar refractivity (Wildman–Crippen MR) is 123 cm³/mol. The molecule has 0 atom stereocenters. The molecule has 1 heterocycles. The third kappa shape index (κ3) is 5.80. The fraction of sp³-hybridized carbons (Fsp3) is 0.231. The molecule has 0 aliphatic carbocycles. The summed E-state index contributed by atoms with van der Waals surface area (Å²) in [7, 11) is 0. The van der Waals surface area contributed by atoms with E-state index >= 15 is 0 Å². The molecule has 31 heavy (non-hydrogen) atoms. The van der Waals surface area contributed by atoms with E-state index in [2.05, 4.69) is 10.6 Å². The molecule has 0 aromatic heterocycles. The van der Waals surface area contributed by atoms with E-state index in [0.29, 0.717) is 5.56 Å². The molecule has 3 aromatic carbocycles. The summed E-state index contributed by atoms with van der Waals surface area (Å²) in [5.41, 5.74) is 3.51. The summed E-state index contributed by atoms with van der Waals surface area (Å²) >= 11 is 0. The van der Waals surface area contributed by atoms with Crippen molar-refractivity contribution in [3.63, 3.8) is 0 Å². The van der Waals surface area contributed by atoms with Gasteiger partial charge >= 0.3 is 0 Å². The summed E-state index contributed by atoms with van der Waals surface area (Å²) in [5, 5.41) is 5.93. The molecule has 3 N–H and O–H groups in total. The van der Waals surface area contributed by atoms with Crippen LogP contribution >= 0.6 is 0 Å². The van der Waals surface area contributed by atoms with Gasteiger partial charge in [-0.1, -0.05) is 48.5 Å². The highest BCUT2D eigenvalue weighted by atomic mass is 16.2. The SMILES string of the molecule is O=C(Nc1ccccc1)c1ccc(C[NH+]2CCC(C(=O)Nc3ccccc3)CC2)cc1. The van der Waals surface area contributed by atoms with Gasteiger partial charge in [-0.2, -0.15) is 0 Å². The molecule has 1 aliphatic heterocycles. The third-order valence-electron chi connectivity index (χ3n) is 5.81. The number of carbonyl (C=O) groups excluding carboxylic acids is 2. The van der Waals surface area contributed by atoms with E-state index in [1.165, 1.54) is 10.5 Å². The molecule has 2 amide bonds. The first-order chi connectivity index (χ1) is 15.2. The maximum Gasteiger partial charge on any atom is 0.255 e. The van der Waals surface area contributed by atoms with Gasteiger partial charge in [-0.15, -0.1) is 0 Å². The van der Waals surface area contributed by atoms with E-state index in [1.54, 1.807) is 0 Å². The van der Waals surface area contributed by atoms with E-state index in [0.717, 1.165) is 43.9 Å². The van der Waals surface area contributed by atoms with Crippen molar-refractivity contribution in [1.29, 1.82) is 0 Å². The van der Waals surface area contributed by atoms with Crippen molar-refractivity contribution in [2.45, 2.75) is 19.4 Å². The average Bonchev–Trinajstić information content (AvgIpc) is 2.81. The predicted octanol–water partition coefficient (Wildman–Crippen LogP) is 3.37. The Bertz CT molecular complexity index is 996. The van der Waals surface area contributed by atoms with Gasteiger partial charge < -0.3 is 15.5 Å². The molecule has 158 valence electrons. The molecule has 0 unspecified atom stereocenters. The summed E-state index contributed by atoms with van der Waals surface area (Å²) < 4.78 is 0. The number of nitrogens with one attached hydrogen (secondary N) is 3. The van der Waals surface area contributed by atoms with E-state index in [1.807, 2.05) is 84.9 Å². The molecule has 5 heteroatoms. The summed E-state index contributed by atoms with van der Waals surface area (Å²) in [6.07, 6.45) is 1.79. The Kier molecular flexibility index (Phi) is 6.75. The van der Waals surface area contributed by atoms with Crippen molar-refractivity contribution in [3.8, 4) is 0 Å². The smallest absolute Gasteiger partial charge is 0.255 e. The van der Waals surface area contributed by atoms with Gasteiger partial charge in [-0.25, -0.2) is 0 Å². The Morgan fingerprint density at radius 2 is 1.29 bits per heavy atom. The van der Waals surface area contributed by atoms with E-state index in [-0.39, 0.29) is 17.7 Å². The number of para-hydroxylation sites is 2.